The van der Waals surface area contributed by atoms with Crippen molar-refractivity contribution in [2.45, 2.75) is 31.3 Å². The molecule has 16 heavy (non-hydrogen) atoms. The van der Waals surface area contributed by atoms with Crippen LogP contribution < -0.4 is 11.1 Å². The Kier molecular flexibility index (Phi) is 3.05. The quantitative estimate of drug-likeness (QED) is 0.765. The van der Waals surface area contributed by atoms with Gasteiger partial charge < -0.3 is 11.1 Å². The van der Waals surface area contributed by atoms with Crippen LogP contribution in [0.25, 0.3) is 0 Å². The normalized spacial score (nSPS) is 24.8. The number of hydrogen-bond acceptors (Lipinski definition) is 2. The van der Waals surface area contributed by atoms with Crippen LogP contribution in [0, 0.1) is 17.5 Å². The van der Waals surface area contributed by atoms with E-state index in [1.807, 2.05) is 0 Å². The van der Waals surface area contributed by atoms with Gasteiger partial charge in [-0.25, -0.2) is 13.2 Å². The second-order valence-corrected chi connectivity index (χ2v) is 4.14. The lowest BCUT2D eigenvalue weighted by atomic mass is 10.2. The van der Waals surface area contributed by atoms with E-state index in [4.69, 9.17) is 5.73 Å². The summed E-state index contributed by atoms with van der Waals surface area (Å²) in [5.41, 5.74) is 5.70. The highest BCUT2D eigenvalue weighted by atomic mass is 19.2. The van der Waals surface area contributed by atoms with Crippen LogP contribution in [0.1, 0.15) is 19.3 Å². The Morgan fingerprint density at radius 3 is 2.50 bits per heavy atom. The van der Waals surface area contributed by atoms with Crippen molar-refractivity contribution in [3.05, 3.63) is 29.6 Å². The largest absolute Gasteiger partial charge is 0.380 e. The van der Waals surface area contributed by atoms with Gasteiger partial charge in [0, 0.05) is 12.1 Å². The van der Waals surface area contributed by atoms with Gasteiger partial charge in [-0.3, -0.25) is 0 Å². The lowest BCUT2D eigenvalue weighted by Crippen LogP contribution is -2.21. The molecule has 5 heteroatoms. The highest BCUT2D eigenvalue weighted by Gasteiger charge is 2.23. The third-order valence-electron chi connectivity index (χ3n) is 2.87. The molecule has 1 aliphatic rings. The van der Waals surface area contributed by atoms with Gasteiger partial charge in [-0.05, 0) is 31.4 Å². The molecule has 88 valence electrons. The lowest BCUT2D eigenvalue weighted by molar-refractivity contribution is 0.448. The standard InChI is InChI=1S/C11H13F3N2/c12-8-3-4-9(11(14)10(8)13)16-7-2-1-6(15)5-7/h3-4,6-7,16H,1-2,5,15H2. The van der Waals surface area contributed by atoms with Crippen LogP contribution in [-0.4, -0.2) is 12.1 Å². The van der Waals surface area contributed by atoms with Gasteiger partial charge in [0.15, 0.2) is 17.5 Å². The summed E-state index contributed by atoms with van der Waals surface area (Å²) in [7, 11) is 0. The van der Waals surface area contributed by atoms with Gasteiger partial charge in [0.25, 0.3) is 0 Å². The average Bonchev–Trinajstić information content (AvgIpc) is 2.65. The SMILES string of the molecule is NC1CCC(Nc2ccc(F)c(F)c2F)C1. The molecule has 2 nitrogen and oxygen atoms in total. The van der Waals surface area contributed by atoms with Gasteiger partial charge in [-0.1, -0.05) is 0 Å². The predicted molar refractivity (Wildman–Crippen MR) is 55.6 cm³/mol. The summed E-state index contributed by atoms with van der Waals surface area (Å²) in [6.45, 7) is 0. The highest BCUT2D eigenvalue weighted by Crippen LogP contribution is 2.25. The maximum Gasteiger partial charge on any atom is 0.196 e. The second kappa shape index (κ2) is 4.33. The second-order valence-electron chi connectivity index (χ2n) is 4.14. The molecule has 1 aromatic rings. The number of anilines is 1. The monoisotopic (exact) mass is 230 g/mol. The maximum absolute atomic E-state index is 13.3. The molecule has 2 rings (SSSR count). The van der Waals surface area contributed by atoms with Gasteiger partial charge in [-0.2, -0.15) is 0 Å². The molecule has 1 fully saturated rings. The van der Waals surface area contributed by atoms with Crippen LogP contribution in [0.4, 0.5) is 18.9 Å². The number of hydrogen-bond donors (Lipinski definition) is 2. The Morgan fingerprint density at radius 1 is 1.12 bits per heavy atom. The van der Waals surface area contributed by atoms with Gasteiger partial charge in [0.1, 0.15) is 0 Å². The Balaban J connectivity index is 2.13. The molecule has 0 spiro atoms. The van der Waals surface area contributed by atoms with Crippen molar-refractivity contribution in [1.82, 2.24) is 0 Å². The van der Waals surface area contributed by atoms with E-state index < -0.39 is 17.5 Å². The van der Waals surface area contributed by atoms with E-state index >= 15 is 0 Å². The van der Waals surface area contributed by atoms with Crippen molar-refractivity contribution in [2.24, 2.45) is 5.73 Å². The summed E-state index contributed by atoms with van der Waals surface area (Å²) in [4.78, 5) is 0. The predicted octanol–water partition coefficient (Wildman–Crippen LogP) is 2.40. The first kappa shape index (κ1) is 11.3. The van der Waals surface area contributed by atoms with E-state index in [1.165, 1.54) is 6.07 Å². The highest BCUT2D eigenvalue weighted by molar-refractivity contribution is 5.46. The smallest absolute Gasteiger partial charge is 0.196 e. The number of rotatable bonds is 2. The summed E-state index contributed by atoms with van der Waals surface area (Å²) in [5.74, 6) is -3.78. The third kappa shape index (κ3) is 2.14. The fourth-order valence-corrected chi connectivity index (χ4v) is 2.00. The first-order valence-electron chi connectivity index (χ1n) is 5.23. The fraction of sp³-hybridized carbons (Fsp3) is 0.455. The van der Waals surface area contributed by atoms with Crippen molar-refractivity contribution < 1.29 is 13.2 Å². The van der Waals surface area contributed by atoms with Crippen LogP contribution in [0.2, 0.25) is 0 Å². The van der Waals surface area contributed by atoms with Crippen LogP contribution in [0.5, 0.6) is 0 Å². The molecular weight excluding hydrogens is 217 g/mol. The molecule has 0 heterocycles. The minimum Gasteiger partial charge on any atom is -0.380 e. The van der Waals surface area contributed by atoms with E-state index in [-0.39, 0.29) is 17.8 Å². The van der Waals surface area contributed by atoms with Gasteiger partial charge in [0.05, 0.1) is 5.69 Å². The van der Waals surface area contributed by atoms with Crippen molar-refractivity contribution in [2.75, 3.05) is 5.32 Å². The molecule has 0 saturated heterocycles. The summed E-state index contributed by atoms with van der Waals surface area (Å²) in [5, 5.41) is 2.85. The Morgan fingerprint density at radius 2 is 1.88 bits per heavy atom. The van der Waals surface area contributed by atoms with E-state index in [0.29, 0.717) is 0 Å². The summed E-state index contributed by atoms with van der Waals surface area (Å²) >= 11 is 0. The molecule has 3 N–H and O–H groups in total. The van der Waals surface area contributed by atoms with Crippen LogP contribution in [-0.2, 0) is 0 Å². The zero-order chi connectivity index (χ0) is 11.7. The van der Waals surface area contributed by atoms with Crippen molar-refractivity contribution >= 4 is 5.69 Å². The van der Waals surface area contributed by atoms with Crippen molar-refractivity contribution in [3.63, 3.8) is 0 Å². The van der Waals surface area contributed by atoms with E-state index in [2.05, 4.69) is 5.32 Å². The summed E-state index contributed by atoms with van der Waals surface area (Å²) < 4.78 is 38.9. The van der Waals surface area contributed by atoms with Crippen molar-refractivity contribution in [1.29, 1.82) is 0 Å². The maximum atomic E-state index is 13.3. The van der Waals surface area contributed by atoms with Crippen LogP contribution >= 0.6 is 0 Å². The number of nitrogens with two attached hydrogens (primary N) is 1. The molecule has 1 aromatic carbocycles. The Labute approximate surface area is 91.6 Å². The third-order valence-corrected chi connectivity index (χ3v) is 2.87. The average molecular weight is 230 g/mol. The number of nitrogens with one attached hydrogen (secondary N) is 1. The molecule has 1 aliphatic carbocycles. The van der Waals surface area contributed by atoms with Crippen molar-refractivity contribution in [3.8, 4) is 0 Å². The molecule has 2 unspecified atom stereocenters. The summed E-state index contributed by atoms with van der Waals surface area (Å²) in [6, 6.07) is 2.26. The van der Waals surface area contributed by atoms with Gasteiger partial charge >= 0.3 is 0 Å². The molecule has 2 atom stereocenters. The molecule has 0 amide bonds. The Bertz CT molecular complexity index is 395. The molecule has 0 bridgehead atoms. The number of halogens is 3. The van der Waals surface area contributed by atoms with Crippen LogP contribution in [0.3, 0.4) is 0 Å². The first-order valence-corrected chi connectivity index (χ1v) is 5.23. The van der Waals surface area contributed by atoms with E-state index in [9.17, 15) is 13.2 Å². The molecule has 0 aromatic heterocycles. The van der Waals surface area contributed by atoms with Gasteiger partial charge in [0.2, 0.25) is 0 Å². The minimum absolute atomic E-state index is 0.00185. The molecular formula is C11H13F3N2. The fourth-order valence-electron chi connectivity index (χ4n) is 2.00. The molecule has 0 aliphatic heterocycles. The zero-order valence-corrected chi connectivity index (χ0v) is 8.64. The van der Waals surface area contributed by atoms with Crippen LogP contribution in [0.15, 0.2) is 12.1 Å². The minimum atomic E-state index is -1.44. The summed E-state index contributed by atoms with van der Waals surface area (Å²) in [6.07, 6.45) is 2.40. The Hall–Kier alpha value is -1.23. The van der Waals surface area contributed by atoms with E-state index in [1.54, 1.807) is 0 Å². The zero-order valence-electron chi connectivity index (χ0n) is 8.64. The van der Waals surface area contributed by atoms with E-state index in [0.717, 1.165) is 25.3 Å². The molecule has 1 saturated carbocycles. The number of benzene rings is 1. The topological polar surface area (TPSA) is 38.0 Å². The first-order chi connectivity index (χ1) is 7.58. The lowest BCUT2D eigenvalue weighted by Gasteiger charge is -2.14. The van der Waals surface area contributed by atoms with Gasteiger partial charge in [-0.15, -0.1) is 0 Å². The molecule has 0 radical (unpaired) electrons.